The Morgan fingerprint density at radius 1 is 1.39 bits per heavy atom. The van der Waals surface area contributed by atoms with Gasteiger partial charge in [0.25, 0.3) is 0 Å². The van der Waals surface area contributed by atoms with Gasteiger partial charge in [0.1, 0.15) is 16.6 Å². The topological polar surface area (TPSA) is 106 Å². The van der Waals surface area contributed by atoms with Gasteiger partial charge in [0.15, 0.2) is 0 Å². The molecule has 1 atom stereocenters. The standard InChI is InChI=1S/C14H20N2O6S/c1-3-22-14(19)12-8-10(9-15(12)2)23(20,21)16-7-5-4-6-11(16)13(17)18/h8-9,11H,3-7H2,1-2H3,(H,17,18). The minimum absolute atomic E-state index is 0.101. The van der Waals surface area contributed by atoms with Crippen molar-refractivity contribution in [3.05, 3.63) is 18.0 Å². The second-order valence-corrected chi connectivity index (χ2v) is 7.25. The number of aromatic nitrogens is 1. The molecule has 9 heteroatoms. The zero-order chi connectivity index (χ0) is 17.2. The number of piperidine rings is 1. The van der Waals surface area contributed by atoms with Crippen molar-refractivity contribution >= 4 is 22.0 Å². The highest BCUT2D eigenvalue weighted by Gasteiger charge is 2.38. The van der Waals surface area contributed by atoms with Crippen LogP contribution in [0.2, 0.25) is 0 Å². The number of aliphatic carboxylic acids is 1. The van der Waals surface area contributed by atoms with Crippen LogP contribution < -0.4 is 0 Å². The van der Waals surface area contributed by atoms with E-state index in [-0.39, 0.29) is 30.2 Å². The molecular formula is C14H20N2O6S. The lowest BCUT2D eigenvalue weighted by Crippen LogP contribution is -2.47. The van der Waals surface area contributed by atoms with Crippen LogP contribution in [-0.2, 0) is 26.6 Å². The van der Waals surface area contributed by atoms with Crippen molar-refractivity contribution in [1.82, 2.24) is 8.87 Å². The summed E-state index contributed by atoms with van der Waals surface area (Å²) in [5, 5.41) is 9.25. The second-order valence-electron chi connectivity index (χ2n) is 5.36. The number of ether oxygens (including phenoxy) is 1. The van der Waals surface area contributed by atoms with E-state index in [9.17, 15) is 23.1 Å². The summed E-state index contributed by atoms with van der Waals surface area (Å²) in [5.74, 6) is -1.78. The van der Waals surface area contributed by atoms with Crippen LogP contribution in [0, 0.1) is 0 Å². The van der Waals surface area contributed by atoms with Crippen LogP contribution >= 0.6 is 0 Å². The van der Waals surface area contributed by atoms with Crippen LogP contribution in [-0.4, -0.2) is 53.5 Å². The largest absolute Gasteiger partial charge is 0.480 e. The van der Waals surface area contributed by atoms with Gasteiger partial charge in [-0.1, -0.05) is 0 Å². The zero-order valence-electron chi connectivity index (χ0n) is 13.1. The van der Waals surface area contributed by atoms with Crippen molar-refractivity contribution in [2.45, 2.75) is 37.1 Å². The Bertz CT molecular complexity index is 709. The molecule has 0 bridgehead atoms. The van der Waals surface area contributed by atoms with Crippen molar-refractivity contribution in [3.63, 3.8) is 0 Å². The third-order valence-electron chi connectivity index (χ3n) is 3.81. The predicted molar refractivity (Wildman–Crippen MR) is 80.5 cm³/mol. The Hall–Kier alpha value is -1.87. The fourth-order valence-electron chi connectivity index (χ4n) is 2.66. The Morgan fingerprint density at radius 2 is 2.09 bits per heavy atom. The Labute approximate surface area is 134 Å². The lowest BCUT2D eigenvalue weighted by Gasteiger charge is -2.31. The number of esters is 1. The molecule has 2 rings (SSSR count). The van der Waals surface area contributed by atoms with E-state index in [2.05, 4.69) is 0 Å². The molecule has 1 unspecified atom stereocenters. The maximum atomic E-state index is 12.7. The molecule has 0 aromatic carbocycles. The number of hydrogen-bond acceptors (Lipinski definition) is 5. The van der Waals surface area contributed by atoms with Crippen LogP contribution in [0.4, 0.5) is 0 Å². The van der Waals surface area contributed by atoms with E-state index in [0.29, 0.717) is 12.8 Å². The fourth-order valence-corrected chi connectivity index (χ4v) is 4.38. The van der Waals surface area contributed by atoms with Crippen molar-refractivity contribution in [1.29, 1.82) is 0 Å². The van der Waals surface area contributed by atoms with Crippen molar-refractivity contribution in [3.8, 4) is 0 Å². The van der Waals surface area contributed by atoms with Crippen LogP contribution in [0.15, 0.2) is 17.2 Å². The third kappa shape index (κ3) is 3.40. The van der Waals surface area contributed by atoms with Gasteiger partial charge in [0.05, 0.1) is 6.61 Å². The van der Waals surface area contributed by atoms with Gasteiger partial charge in [-0.05, 0) is 32.3 Å². The molecule has 1 aromatic heterocycles. The molecular weight excluding hydrogens is 324 g/mol. The molecule has 1 aromatic rings. The molecule has 1 fully saturated rings. The number of carboxylic acid groups (broad SMARTS) is 1. The number of carbonyl (C=O) groups excluding carboxylic acids is 1. The minimum Gasteiger partial charge on any atom is -0.480 e. The second kappa shape index (κ2) is 6.71. The van der Waals surface area contributed by atoms with Crippen LogP contribution in [0.3, 0.4) is 0 Å². The van der Waals surface area contributed by atoms with Gasteiger partial charge in [-0.3, -0.25) is 4.79 Å². The molecule has 0 amide bonds. The van der Waals surface area contributed by atoms with Gasteiger partial charge in [-0.2, -0.15) is 4.31 Å². The van der Waals surface area contributed by atoms with Gasteiger partial charge in [0.2, 0.25) is 10.0 Å². The highest BCUT2D eigenvalue weighted by molar-refractivity contribution is 7.89. The Kier molecular flexibility index (Phi) is 5.10. The maximum absolute atomic E-state index is 12.7. The number of aryl methyl sites for hydroxylation is 1. The number of rotatable bonds is 5. The molecule has 23 heavy (non-hydrogen) atoms. The maximum Gasteiger partial charge on any atom is 0.354 e. The van der Waals surface area contributed by atoms with E-state index in [4.69, 9.17) is 4.74 Å². The van der Waals surface area contributed by atoms with Gasteiger partial charge in [-0.15, -0.1) is 0 Å². The summed E-state index contributed by atoms with van der Waals surface area (Å²) in [4.78, 5) is 23.0. The number of hydrogen-bond donors (Lipinski definition) is 1. The van der Waals surface area contributed by atoms with E-state index in [1.54, 1.807) is 6.92 Å². The predicted octanol–water partition coefficient (Wildman–Crippen LogP) is 0.830. The summed E-state index contributed by atoms with van der Waals surface area (Å²) in [6.45, 7) is 1.99. The first kappa shape index (κ1) is 17.5. The van der Waals surface area contributed by atoms with Gasteiger partial charge in [-0.25, -0.2) is 13.2 Å². The fraction of sp³-hybridized carbons (Fsp3) is 0.571. The first-order valence-corrected chi connectivity index (χ1v) is 8.81. The number of sulfonamides is 1. The summed E-state index contributed by atoms with van der Waals surface area (Å²) in [7, 11) is -2.44. The molecule has 2 heterocycles. The van der Waals surface area contributed by atoms with E-state index in [1.165, 1.54) is 23.9 Å². The van der Waals surface area contributed by atoms with Crippen LogP contribution in [0.25, 0.3) is 0 Å². The third-order valence-corrected chi connectivity index (χ3v) is 5.68. The molecule has 8 nitrogen and oxygen atoms in total. The monoisotopic (exact) mass is 344 g/mol. The van der Waals surface area contributed by atoms with Gasteiger partial charge in [0, 0.05) is 19.8 Å². The zero-order valence-corrected chi connectivity index (χ0v) is 13.9. The summed E-state index contributed by atoms with van der Waals surface area (Å²) >= 11 is 0. The lowest BCUT2D eigenvalue weighted by molar-refractivity contribution is -0.142. The number of nitrogens with zero attached hydrogens (tertiary/aromatic N) is 2. The molecule has 0 saturated carbocycles. The van der Waals surface area contributed by atoms with Crippen molar-refractivity contribution in [2.24, 2.45) is 7.05 Å². The molecule has 1 aliphatic heterocycles. The molecule has 1 saturated heterocycles. The first-order valence-electron chi connectivity index (χ1n) is 7.37. The van der Waals surface area contributed by atoms with Gasteiger partial charge < -0.3 is 14.4 Å². The smallest absolute Gasteiger partial charge is 0.354 e. The number of carboxylic acids is 1. The van der Waals surface area contributed by atoms with Crippen molar-refractivity contribution in [2.75, 3.05) is 13.2 Å². The molecule has 0 aliphatic carbocycles. The van der Waals surface area contributed by atoms with Crippen LogP contribution in [0.5, 0.6) is 0 Å². The molecule has 1 aliphatic rings. The average Bonchev–Trinajstić information content (AvgIpc) is 2.90. The number of carbonyl (C=O) groups is 2. The normalized spacial score (nSPS) is 19.5. The molecule has 0 spiro atoms. The lowest BCUT2D eigenvalue weighted by atomic mass is 10.1. The van der Waals surface area contributed by atoms with Crippen LogP contribution in [0.1, 0.15) is 36.7 Å². The minimum atomic E-state index is -3.98. The average molecular weight is 344 g/mol. The van der Waals surface area contributed by atoms with E-state index in [0.717, 1.165) is 4.31 Å². The van der Waals surface area contributed by atoms with Crippen molar-refractivity contribution < 1.29 is 27.9 Å². The highest BCUT2D eigenvalue weighted by atomic mass is 32.2. The van der Waals surface area contributed by atoms with E-state index < -0.39 is 28.0 Å². The summed E-state index contributed by atoms with van der Waals surface area (Å²) in [6.07, 6.45) is 2.87. The summed E-state index contributed by atoms with van der Waals surface area (Å²) in [5.41, 5.74) is 0.106. The Balaban J connectivity index is 2.37. The molecule has 0 radical (unpaired) electrons. The van der Waals surface area contributed by atoms with E-state index >= 15 is 0 Å². The quantitative estimate of drug-likeness (QED) is 0.793. The molecule has 128 valence electrons. The summed E-state index contributed by atoms with van der Waals surface area (Å²) in [6, 6.07) is 0.154. The van der Waals surface area contributed by atoms with E-state index in [1.807, 2.05) is 0 Å². The highest BCUT2D eigenvalue weighted by Crippen LogP contribution is 2.26. The summed E-state index contributed by atoms with van der Waals surface area (Å²) < 4.78 is 32.7. The molecule has 1 N–H and O–H groups in total. The first-order chi connectivity index (χ1) is 10.8. The van der Waals surface area contributed by atoms with Gasteiger partial charge >= 0.3 is 11.9 Å². The SMILES string of the molecule is CCOC(=O)c1cc(S(=O)(=O)N2CCCCC2C(=O)O)cn1C. The Morgan fingerprint density at radius 3 is 2.70 bits per heavy atom.